The SMILES string of the molecule is Cc1cc(C)n2nc(C(=O)NC3CCCc4cc(N)ccc43)nc2n1.Cl.Cl. The number of anilines is 1. The first-order valence-corrected chi connectivity index (χ1v) is 8.41. The molecule has 0 bridgehead atoms. The molecule has 1 unspecified atom stereocenters. The Labute approximate surface area is 169 Å². The number of amides is 1. The van der Waals surface area contributed by atoms with Crippen LogP contribution in [0.25, 0.3) is 5.78 Å². The molecule has 1 atom stereocenters. The van der Waals surface area contributed by atoms with Crippen molar-refractivity contribution in [1.29, 1.82) is 0 Å². The Bertz CT molecular complexity index is 987. The quantitative estimate of drug-likeness (QED) is 0.635. The van der Waals surface area contributed by atoms with Crippen LogP contribution in [0, 0.1) is 13.8 Å². The van der Waals surface area contributed by atoms with Crippen molar-refractivity contribution in [3.8, 4) is 0 Å². The fourth-order valence-corrected chi connectivity index (χ4v) is 3.47. The minimum atomic E-state index is -0.280. The molecular weight excluding hydrogens is 387 g/mol. The molecule has 2 heterocycles. The average Bonchev–Trinajstić information content (AvgIpc) is 2.99. The van der Waals surface area contributed by atoms with Crippen LogP contribution >= 0.6 is 24.8 Å². The Balaban J connectivity index is 0.00000131. The highest BCUT2D eigenvalue weighted by Crippen LogP contribution is 2.31. The van der Waals surface area contributed by atoms with Crippen LogP contribution in [-0.2, 0) is 6.42 Å². The van der Waals surface area contributed by atoms with Gasteiger partial charge in [-0.1, -0.05) is 6.07 Å². The number of hydrogen-bond acceptors (Lipinski definition) is 5. The van der Waals surface area contributed by atoms with Crippen molar-refractivity contribution in [3.05, 3.63) is 52.6 Å². The van der Waals surface area contributed by atoms with Gasteiger partial charge in [0.2, 0.25) is 5.82 Å². The minimum absolute atomic E-state index is 0. The Morgan fingerprint density at radius 1 is 1.22 bits per heavy atom. The largest absolute Gasteiger partial charge is 0.399 e. The molecule has 3 N–H and O–H groups in total. The van der Waals surface area contributed by atoms with Gasteiger partial charge in [0.05, 0.1) is 6.04 Å². The molecule has 1 aliphatic carbocycles. The van der Waals surface area contributed by atoms with Crippen LogP contribution in [0.3, 0.4) is 0 Å². The van der Waals surface area contributed by atoms with Gasteiger partial charge in [-0.25, -0.2) is 9.50 Å². The van der Waals surface area contributed by atoms with Crippen molar-refractivity contribution >= 4 is 42.2 Å². The van der Waals surface area contributed by atoms with E-state index in [4.69, 9.17) is 5.73 Å². The van der Waals surface area contributed by atoms with Crippen molar-refractivity contribution in [3.63, 3.8) is 0 Å². The second kappa shape index (κ2) is 8.10. The van der Waals surface area contributed by atoms with Crippen LogP contribution in [0.4, 0.5) is 5.69 Å². The van der Waals surface area contributed by atoms with Gasteiger partial charge >= 0.3 is 0 Å². The van der Waals surface area contributed by atoms with Gasteiger partial charge in [0.15, 0.2) is 0 Å². The topological polar surface area (TPSA) is 98.2 Å². The number of aryl methyl sites for hydroxylation is 3. The van der Waals surface area contributed by atoms with E-state index in [1.165, 1.54) is 5.56 Å². The lowest BCUT2D eigenvalue weighted by molar-refractivity contribution is 0.0922. The summed E-state index contributed by atoms with van der Waals surface area (Å²) in [7, 11) is 0. The van der Waals surface area contributed by atoms with Gasteiger partial charge in [0.25, 0.3) is 11.7 Å². The van der Waals surface area contributed by atoms with E-state index in [0.29, 0.717) is 5.78 Å². The normalized spacial score (nSPS) is 15.4. The monoisotopic (exact) mass is 408 g/mol. The predicted molar refractivity (Wildman–Crippen MR) is 109 cm³/mol. The van der Waals surface area contributed by atoms with Gasteiger partial charge in [-0.05, 0) is 62.4 Å². The number of benzene rings is 1. The number of halogens is 2. The lowest BCUT2D eigenvalue weighted by Gasteiger charge is -2.26. The number of hydrogen-bond donors (Lipinski definition) is 2. The Morgan fingerprint density at radius 2 is 2.00 bits per heavy atom. The summed E-state index contributed by atoms with van der Waals surface area (Å²) in [6, 6.07) is 7.74. The summed E-state index contributed by atoms with van der Waals surface area (Å²) >= 11 is 0. The van der Waals surface area contributed by atoms with Crippen molar-refractivity contribution in [2.24, 2.45) is 0 Å². The van der Waals surface area contributed by atoms with Gasteiger partial charge in [-0.3, -0.25) is 4.79 Å². The van der Waals surface area contributed by atoms with Gasteiger partial charge in [-0.2, -0.15) is 4.98 Å². The molecule has 144 valence electrons. The van der Waals surface area contributed by atoms with Gasteiger partial charge in [-0.15, -0.1) is 29.9 Å². The number of nitrogens with one attached hydrogen (secondary N) is 1. The lowest BCUT2D eigenvalue weighted by Crippen LogP contribution is -2.31. The molecule has 7 nitrogen and oxygen atoms in total. The van der Waals surface area contributed by atoms with Crippen molar-refractivity contribution in [2.75, 3.05) is 5.73 Å². The fraction of sp³-hybridized carbons (Fsp3) is 0.333. The molecule has 0 spiro atoms. The molecule has 2 aromatic heterocycles. The Hall–Kier alpha value is -2.38. The lowest BCUT2D eigenvalue weighted by atomic mass is 9.87. The third-order valence-corrected chi connectivity index (χ3v) is 4.61. The zero-order chi connectivity index (χ0) is 17.6. The molecule has 0 radical (unpaired) electrons. The van der Waals surface area contributed by atoms with Crippen molar-refractivity contribution in [1.82, 2.24) is 24.9 Å². The van der Waals surface area contributed by atoms with Crippen LogP contribution < -0.4 is 11.1 Å². The summed E-state index contributed by atoms with van der Waals surface area (Å²) in [6.45, 7) is 3.81. The highest BCUT2D eigenvalue weighted by atomic mass is 35.5. The molecule has 4 rings (SSSR count). The van der Waals surface area contributed by atoms with Gasteiger partial charge < -0.3 is 11.1 Å². The number of carbonyl (C=O) groups is 1. The fourth-order valence-electron chi connectivity index (χ4n) is 3.47. The maximum atomic E-state index is 12.7. The van der Waals surface area contributed by atoms with Crippen LogP contribution in [0.5, 0.6) is 0 Å². The van der Waals surface area contributed by atoms with E-state index < -0.39 is 0 Å². The number of nitrogen functional groups attached to an aromatic ring is 1. The minimum Gasteiger partial charge on any atom is -0.399 e. The van der Waals surface area contributed by atoms with Crippen LogP contribution in [0.2, 0.25) is 0 Å². The first-order valence-electron chi connectivity index (χ1n) is 8.41. The number of carbonyl (C=O) groups excluding carboxylic acids is 1. The molecule has 1 amide bonds. The summed E-state index contributed by atoms with van der Waals surface area (Å²) in [5.41, 5.74) is 10.7. The number of fused-ring (bicyclic) bond motifs is 2. The zero-order valence-corrected chi connectivity index (χ0v) is 16.7. The van der Waals surface area contributed by atoms with E-state index in [9.17, 15) is 4.79 Å². The molecule has 0 aliphatic heterocycles. The van der Waals surface area contributed by atoms with Crippen LogP contribution in [0.15, 0.2) is 24.3 Å². The maximum absolute atomic E-state index is 12.7. The van der Waals surface area contributed by atoms with Gasteiger partial charge in [0.1, 0.15) is 0 Å². The van der Waals surface area contributed by atoms with E-state index in [0.717, 1.165) is 41.9 Å². The first-order chi connectivity index (χ1) is 12.0. The predicted octanol–water partition coefficient (Wildman–Crippen LogP) is 2.97. The van der Waals surface area contributed by atoms with Crippen molar-refractivity contribution in [2.45, 2.75) is 39.2 Å². The number of aromatic nitrogens is 4. The third-order valence-electron chi connectivity index (χ3n) is 4.61. The van der Waals surface area contributed by atoms with E-state index in [1.807, 2.05) is 38.1 Å². The summed E-state index contributed by atoms with van der Waals surface area (Å²) in [6.07, 6.45) is 2.90. The second-order valence-corrected chi connectivity index (χ2v) is 6.56. The molecule has 1 aromatic carbocycles. The molecule has 0 saturated heterocycles. The van der Waals surface area contributed by atoms with Crippen molar-refractivity contribution < 1.29 is 4.79 Å². The summed E-state index contributed by atoms with van der Waals surface area (Å²) in [4.78, 5) is 21.3. The second-order valence-electron chi connectivity index (χ2n) is 6.56. The molecular formula is C18H22Cl2N6O. The Morgan fingerprint density at radius 3 is 2.78 bits per heavy atom. The molecule has 3 aromatic rings. The highest BCUT2D eigenvalue weighted by molar-refractivity contribution is 5.91. The maximum Gasteiger partial charge on any atom is 0.291 e. The molecule has 27 heavy (non-hydrogen) atoms. The number of nitrogens with two attached hydrogens (primary N) is 1. The van der Waals surface area contributed by atoms with E-state index >= 15 is 0 Å². The van der Waals surface area contributed by atoms with Gasteiger partial charge in [0, 0.05) is 17.1 Å². The first kappa shape index (κ1) is 20.9. The molecule has 9 heteroatoms. The van der Waals surface area contributed by atoms with E-state index in [2.05, 4.69) is 20.4 Å². The highest BCUT2D eigenvalue weighted by Gasteiger charge is 2.24. The molecule has 0 fully saturated rings. The standard InChI is InChI=1S/C18H20N6O.2ClH/c1-10-8-11(2)24-18(20-10)22-16(23-24)17(25)21-15-5-3-4-12-9-13(19)6-7-14(12)15;;/h6-9,15H,3-5,19H2,1-2H3,(H,21,25);2*1H. The van der Waals surface area contributed by atoms with Crippen LogP contribution in [-0.4, -0.2) is 25.5 Å². The third kappa shape index (κ3) is 3.99. The summed E-state index contributed by atoms with van der Waals surface area (Å²) < 4.78 is 1.59. The molecule has 1 aliphatic rings. The van der Waals surface area contributed by atoms with E-state index in [-0.39, 0.29) is 42.6 Å². The number of nitrogens with zero attached hydrogens (tertiary/aromatic N) is 4. The number of rotatable bonds is 2. The van der Waals surface area contributed by atoms with E-state index in [1.54, 1.807) is 4.52 Å². The summed E-state index contributed by atoms with van der Waals surface area (Å²) in [5.74, 6) is 0.306. The smallest absolute Gasteiger partial charge is 0.291 e. The summed E-state index contributed by atoms with van der Waals surface area (Å²) in [5, 5.41) is 7.36. The average molecular weight is 409 g/mol. The molecule has 0 saturated carbocycles. The Kier molecular flexibility index (Phi) is 6.28. The zero-order valence-electron chi connectivity index (χ0n) is 15.1. The van der Waals surface area contributed by atoms with Crippen LogP contribution in [0.1, 0.15) is 52.0 Å².